The maximum Gasteiger partial charge on any atom is 0.264 e. The van der Waals surface area contributed by atoms with Gasteiger partial charge >= 0.3 is 0 Å². The molecule has 10 heteroatoms. The predicted molar refractivity (Wildman–Crippen MR) is 181 cm³/mol. The van der Waals surface area contributed by atoms with Crippen LogP contribution in [0.15, 0.2) is 108 Å². The van der Waals surface area contributed by atoms with Gasteiger partial charge in [0, 0.05) is 28.5 Å². The molecule has 0 unspecified atom stereocenters. The minimum Gasteiger partial charge on any atom is -0.350 e. The topological polar surface area (TPSA) is 86.8 Å². The van der Waals surface area contributed by atoms with E-state index in [1.165, 1.54) is 29.2 Å². The monoisotopic (exact) mass is 665 g/mol. The van der Waals surface area contributed by atoms with Crippen molar-refractivity contribution in [1.82, 2.24) is 10.2 Å². The molecule has 4 aromatic rings. The molecule has 0 aliphatic rings. The standard InChI is InChI=1S/C35H37Cl2N3O4S/c1-25-10-8-9-13-31(25)40(45(43,44)30-20-18-29(37)19-21-30)24-33(41)39(23-27-14-16-28(36)17-15-27)32(34(42)38-35(2,3)4)22-26-11-6-5-7-12-26/h5-21,32H,22-24H2,1-4H3,(H,38,42)/t32-/m0/s1. The first kappa shape index (κ1) is 34.0. The normalized spacial score (nSPS) is 12.3. The molecule has 0 saturated carbocycles. The van der Waals surface area contributed by atoms with Crippen molar-refractivity contribution in [1.29, 1.82) is 0 Å². The number of aryl methyl sites for hydroxylation is 1. The lowest BCUT2D eigenvalue weighted by Crippen LogP contribution is -2.56. The fourth-order valence-electron chi connectivity index (χ4n) is 4.88. The van der Waals surface area contributed by atoms with E-state index < -0.39 is 34.1 Å². The van der Waals surface area contributed by atoms with Crippen LogP contribution in [0.25, 0.3) is 0 Å². The summed E-state index contributed by atoms with van der Waals surface area (Å²) < 4.78 is 29.4. The van der Waals surface area contributed by atoms with Crippen LogP contribution in [0.3, 0.4) is 0 Å². The predicted octanol–water partition coefficient (Wildman–Crippen LogP) is 7.05. The van der Waals surface area contributed by atoms with Crippen molar-refractivity contribution < 1.29 is 18.0 Å². The average Bonchev–Trinajstić information content (AvgIpc) is 2.99. The van der Waals surface area contributed by atoms with Crippen molar-refractivity contribution in [3.8, 4) is 0 Å². The number of carbonyl (C=O) groups excluding carboxylic acids is 2. The van der Waals surface area contributed by atoms with Crippen molar-refractivity contribution in [2.45, 2.75) is 57.1 Å². The summed E-state index contributed by atoms with van der Waals surface area (Å²) in [5.41, 5.74) is 2.03. The van der Waals surface area contributed by atoms with Gasteiger partial charge in [-0.2, -0.15) is 0 Å². The van der Waals surface area contributed by atoms with Crippen molar-refractivity contribution in [2.75, 3.05) is 10.8 Å². The second-order valence-corrected chi connectivity index (χ2v) is 14.6. The number of benzene rings is 4. The highest BCUT2D eigenvalue weighted by Crippen LogP contribution is 2.28. The van der Waals surface area contributed by atoms with E-state index in [1.54, 1.807) is 55.5 Å². The maximum absolute atomic E-state index is 14.5. The van der Waals surface area contributed by atoms with Gasteiger partial charge < -0.3 is 10.2 Å². The van der Waals surface area contributed by atoms with E-state index >= 15 is 0 Å². The van der Waals surface area contributed by atoms with Crippen LogP contribution in [0.4, 0.5) is 5.69 Å². The third-order valence-electron chi connectivity index (χ3n) is 7.10. The molecular formula is C35H37Cl2N3O4S. The van der Waals surface area contributed by atoms with Gasteiger partial charge in [-0.25, -0.2) is 8.42 Å². The minimum absolute atomic E-state index is 0.0153. The lowest BCUT2D eigenvalue weighted by molar-refractivity contribution is -0.140. The molecule has 1 atom stereocenters. The highest BCUT2D eigenvalue weighted by atomic mass is 35.5. The molecular weight excluding hydrogens is 629 g/mol. The molecule has 4 rings (SSSR count). The van der Waals surface area contributed by atoms with E-state index in [2.05, 4.69) is 5.32 Å². The number of hydrogen-bond acceptors (Lipinski definition) is 4. The van der Waals surface area contributed by atoms with E-state index in [0.717, 1.165) is 15.4 Å². The third-order valence-corrected chi connectivity index (χ3v) is 9.38. The smallest absolute Gasteiger partial charge is 0.264 e. The molecule has 0 radical (unpaired) electrons. The second-order valence-electron chi connectivity index (χ2n) is 11.8. The Morgan fingerprint density at radius 1 is 0.778 bits per heavy atom. The Morgan fingerprint density at radius 3 is 1.91 bits per heavy atom. The number of amides is 2. The maximum atomic E-state index is 14.5. The molecule has 45 heavy (non-hydrogen) atoms. The molecule has 0 aliphatic carbocycles. The lowest BCUT2D eigenvalue weighted by atomic mass is 10.0. The summed E-state index contributed by atoms with van der Waals surface area (Å²) in [6, 6.07) is 28.2. The summed E-state index contributed by atoms with van der Waals surface area (Å²) in [6.07, 6.45) is 0.219. The molecule has 2 amide bonds. The SMILES string of the molecule is Cc1ccccc1N(CC(=O)N(Cc1ccc(Cl)cc1)[C@@H](Cc1ccccc1)C(=O)NC(C)(C)C)S(=O)(=O)c1ccc(Cl)cc1. The molecule has 0 aliphatic heterocycles. The first-order chi connectivity index (χ1) is 21.2. The minimum atomic E-state index is -4.22. The largest absolute Gasteiger partial charge is 0.350 e. The van der Waals surface area contributed by atoms with Gasteiger partial charge in [-0.05, 0) is 86.8 Å². The summed E-state index contributed by atoms with van der Waals surface area (Å²) in [4.78, 5) is 29.9. The van der Waals surface area contributed by atoms with Crippen LogP contribution in [-0.2, 0) is 32.6 Å². The van der Waals surface area contributed by atoms with E-state index in [9.17, 15) is 18.0 Å². The first-order valence-corrected chi connectivity index (χ1v) is 16.7. The Kier molecular flexibility index (Phi) is 11.0. The molecule has 236 valence electrons. The summed E-state index contributed by atoms with van der Waals surface area (Å²) in [5, 5.41) is 3.94. The average molecular weight is 667 g/mol. The number of anilines is 1. The molecule has 0 saturated heterocycles. The van der Waals surface area contributed by atoms with Crippen LogP contribution in [0.5, 0.6) is 0 Å². The summed E-state index contributed by atoms with van der Waals surface area (Å²) >= 11 is 12.2. The number of carbonyl (C=O) groups is 2. The number of hydrogen-bond donors (Lipinski definition) is 1. The summed E-state index contributed by atoms with van der Waals surface area (Å²) in [6.45, 7) is 6.90. The molecule has 0 fully saturated rings. The molecule has 7 nitrogen and oxygen atoms in total. The van der Waals surface area contributed by atoms with Gasteiger partial charge in [0.2, 0.25) is 11.8 Å². The van der Waals surface area contributed by atoms with Crippen LogP contribution < -0.4 is 9.62 Å². The van der Waals surface area contributed by atoms with Gasteiger partial charge in [0.15, 0.2) is 0 Å². The van der Waals surface area contributed by atoms with Crippen molar-refractivity contribution in [3.63, 3.8) is 0 Å². The van der Waals surface area contributed by atoms with Gasteiger partial charge in [-0.3, -0.25) is 13.9 Å². The molecule has 0 bridgehead atoms. The van der Waals surface area contributed by atoms with Crippen LogP contribution in [0.2, 0.25) is 10.0 Å². The van der Waals surface area contributed by atoms with Crippen LogP contribution >= 0.6 is 23.2 Å². The molecule has 0 heterocycles. The Morgan fingerprint density at radius 2 is 1.33 bits per heavy atom. The Bertz CT molecular complexity index is 1720. The number of rotatable bonds is 11. The zero-order chi connectivity index (χ0) is 32.8. The van der Waals surface area contributed by atoms with Gasteiger partial charge in [0.25, 0.3) is 10.0 Å². The van der Waals surface area contributed by atoms with Crippen molar-refractivity contribution >= 4 is 50.7 Å². The highest BCUT2D eigenvalue weighted by Gasteiger charge is 2.36. The quantitative estimate of drug-likeness (QED) is 0.186. The second kappa shape index (κ2) is 14.5. The van der Waals surface area contributed by atoms with E-state index in [1.807, 2.05) is 51.1 Å². The zero-order valence-electron chi connectivity index (χ0n) is 25.7. The van der Waals surface area contributed by atoms with E-state index in [0.29, 0.717) is 21.3 Å². The van der Waals surface area contributed by atoms with Crippen LogP contribution in [0.1, 0.15) is 37.5 Å². The van der Waals surface area contributed by atoms with E-state index in [4.69, 9.17) is 23.2 Å². The summed E-state index contributed by atoms with van der Waals surface area (Å²) in [7, 11) is -4.22. The zero-order valence-corrected chi connectivity index (χ0v) is 28.0. The van der Waals surface area contributed by atoms with Crippen molar-refractivity contribution in [2.24, 2.45) is 0 Å². The first-order valence-electron chi connectivity index (χ1n) is 14.5. The van der Waals surface area contributed by atoms with Crippen molar-refractivity contribution in [3.05, 3.63) is 130 Å². The Hall–Kier alpha value is -3.85. The summed E-state index contributed by atoms with van der Waals surface area (Å²) in [5.74, 6) is -0.896. The number of sulfonamides is 1. The van der Waals surface area contributed by atoms with Gasteiger partial charge in [-0.15, -0.1) is 0 Å². The van der Waals surface area contributed by atoms with E-state index in [-0.39, 0.29) is 23.8 Å². The fourth-order valence-corrected chi connectivity index (χ4v) is 6.61. The lowest BCUT2D eigenvalue weighted by Gasteiger charge is -2.35. The molecule has 4 aromatic carbocycles. The molecule has 0 aromatic heterocycles. The number of nitrogens with zero attached hydrogens (tertiary/aromatic N) is 2. The highest BCUT2D eigenvalue weighted by molar-refractivity contribution is 7.92. The molecule has 1 N–H and O–H groups in total. The third kappa shape index (κ3) is 9.10. The number of para-hydroxylation sites is 1. The number of nitrogens with one attached hydrogen (secondary N) is 1. The van der Waals surface area contributed by atoms with Gasteiger partial charge in [-0.1, -0.05) is 83.9 Å². The Labute approximate surface area is 275 Å². The fraction of sp³-hybridized carbons (Fsp3) is 0.257. The van der Waals surface area contributed by atoms with Gasteiger partial charge in [0.1, 0.15) is 12.6 Å². The molecule has 0 spiro atoms. The van der Waals surface area contributed by atoms with Gasteiger partial charge in [0.05, 0.1) is 10.6 Å². The number of halogens is 2. The Balaban J connectivity index is 1.82. The van der Waals surface area contributed by atoms with Crippen LogP contribution in [-0.4, -0.2) is 43.3 Å². The van der Waals surface area contributed by atoms with Crippen LogP contribution in [0, 0.1) is 6.92 Å².